The Morgan fingerprint density at radius 3 is 2.55 bits per heavy atom. The van der Waals surface area contributed by atoms with Crippen molar-refractivity contribution in [3.63, 3.8) is 0 Å². The number of thioether (sulfide) groups is 1. The molecule has 4 heteroatoms. The third-order valence-corrected chi connectivity index (χ3v) is 3.84. The largest absolute Gasteiger partial charge is 0.387 e. The number of benzene rings is 2. The van der Waals surface area contributed by atoms with E-state index in [0.29, 0.717) is 5.56 Å². The molecule has 1 amide bonds. The zero-order chi connectivity index (χ0) is 14.5. The van der Waals surface area contributed by atoms with Crippen LogP contribution in [0.15, 0.2) is 47.4 Å². The number of carbonyl (C=O) groups is 1. The molecule has 0 aliphatic carbocycles. The van der Waals surface area contributed by atoms with Crippen molar-refractivity contribution in [2.75, 3.05) is 23.9 Å². The van der Waals surface area contributed by atoms with Crippen molar-refractivity contribution in [2.24, 2.45) is 0 Å². The topological polar surface area (TPSA) is 41.1 Å². The van der Waals surface area contributed by atoms with Gasteiger partial charge in [0.2, 0.25) is 0 Å². The van der Waals surface area contributed by atoms with Gasteiger partial charge in [-0.25, -0.2) is 0 Å². The lowest BCUT2D eigenvalue weighted by Gasteiger charge is -2.12. The summed E-state index contributed by atoms with van der Waals surface area (Å²) in [6, 6.07) is 13.6. The normalized spacial score (nSPS) is 10.2. The van der Waals surface area contributed by atoms with Crippen LogP contribution in [0.4, 0.5) is 11.4 Å². The van der Waals surface area contributed by atoms with E-state index in [4.69, 9.17) is 0 Å². The van der Waals surface area contributed by atoms with Gasteiger partial charge in [0, 0.05) is 17.6 Å². The summed E-state index contributed by atoms with van der Waals surface area (Å²) in [5, 5.41) is 6.03. The third-order valence-electron chi connectivity index (χ3n) is 3.04. The van der Waals surface area contributed by atoms with Crippen LogP contribution in [0, 0.1) is 6.92 Å². The summed E-state index contributed by atoms with van der Waals surface area (Å²) in [5.74, 6) is -0.0976. The Kier molecular flexibility index (Phi) is 4.69. The fraction of sp³-hybridized carbons (Fsp3) is 0.188. The number of hydrogen-bond acceptors (Lipinski definition) is 3. The zero-order valence-corrected chi connectivity index (χ0v) is 12.7. The highest BCUT2D eigenvalue weighted by Gasteiger charge is 2.12. The minimum Gasteiger partial charge on any atom is -0.387 e. The molecule has 0 bridgehead atoms. The Morgan fingerprint density at radius 1 is 1.10 bits per heavy atom. The highest BCUT2D eigenvalue weighted by Crippen LogP contribution is 2.26. The van der Waals surface area contributed by atoms with Crippen LogP contribution in [0.1, 0.15) is 15.9 Å². The molecule has 0 saturated heterocycles. The molecule has 0 aliphatic heterocycles. The Bertz CT molecular complexity index is 626. The molecule has 0 spiro atoms. The zero-order valence-electron chi connectivity index (χ0n) is 11.9. The molecule has 0 heterocycles. The maximum atomic E-state index is 12.5. The SMILES string of the molecule is CNc1ccc(C)cc1C(=O)Nc1ccccc1SC. The molecule has 20 heavy (non-hydrogen) atoms. The van der Waals surface area contributed by atoms with Gasteiger partial charge in [-0.2, -0.15) is 0 Å². The maximum absolute atomic E-state index is 12.5. The van der Waals surface area contributed by atoms with Crippen LogP contribution in [-0.4, -0.2) is 19.2 Å². The third kappa shape index (κ3) is 3.14. The van der Waals surface area contributed by atoms with E-state index in [1.165, 1.54) is 0 Å². The molecule has 2 aromatic rings. The van der Waals surface area contributed by atoms with Crippen LogP contribution in [0.5, 0.6) is 0 Å². The van der Waals surface area contributed by atoms with Gasteiger partial charge >= 0.3 is 0 Å². The van der Waals surface area contributed by atoms with Gasteiger partial charge in [0.05, 0.1) is 11.3 Å². The molecule has 2 aromatic carbocycles. The molecule has 0 unspecified atom stereocenters. The van der Waals surface area contributed by atoms with Crippen LogP contribution in [0.3, 0.4) is 0 Å². The average Bonchev–Trinajstić information content (AvgIpc) is 2.47. The highest BCUT2D eigenvalue weighted by molar-refractivity contribution is 7.98. The first-order valence-corrected chi connectivity index (χ1v) is 7.61. The molecule has 0 fully saturated rings. The van der Waals surface area contributed by atoms with Crippen LogP contribution in [-0.2, 0) is 0 Å². The van der Waals surface area contributed by atoms with Crippen molar-refractivity contribution in [1.29, 1.82) is 0 Å². The monoisotopic (exact) mass is 286 g/mol. The smallest absolute Gasteiger partial charge is 0.257 e. The summed E-state index contributed by atoms with van der Waals surface area (Å²) in [6.45, 7) is 1.98. The quantitative estimate of drug-likeness (QED) is 0.834. The second-order valence-corrected chi connectivity index (χ2v) is 5.30. The van der Waals surface area contributed by atoms with Gasteiger partial charge in [0.15, 0.2) is 0 Å². The number of rotatable bonds is 4. The van der Waals surface area contributed by atoms with Crippen molar-refractivity contribution in [2.45, 2.75) is 11.8 Å². The van der Waals surface area contributed by atoms with Gasteiger partial charge in [-0.3, -0.25) is 4.79 Å². The van der Waals surface area contributed by atoms with Crippen LogP contribution in [0.25, 0.3) is 0 Å². The Balaban J connectivity index is 2.30. The number of nitrogens with one attached hydrogen (secondary N) is 2. The number of para-hydroxylation sites is 1. The number of anilines is 2. The fourth-order valence-electron chi connectivity index (χ4n) is 2.00. The van der Waals surface area contributed by atoms with Crippen LogP contribution in [0.2, 0.25) is 0 Å². The van der Waals surface area contributed by atoms with E-state index in [2.05, 4.69) is 10.6 Å². The molecule has 3 nitrogen and oxygen atoms in total. The summed E-state index contributed by atoms with van der Waals surface area (Å²) in [4.78, 5) is 13.5. The molecule has 0 aromatic heterocycles. The van der Waals surface area contributed by atoms with Crippen LogP contribution >= 0.6 is 11.8 Å². The van der Waals surface area contributed by atoms with Crippen molar-refractivity contribution < 1.29 is 4.79 Å². The van der Waals surface area contributed by atoms with Crippen molar-refractivity contribution in [3.8, 4) is 0 Å². The lowest BCUT2D eigenvalue weighted by molar-refractivity contribution is 0.102. The van der Waals surface area contributed by atoms with E-state index >= 15 is 0 Å². The predicted molar refractivity (Wildman–Crippen MR) is 86.9 cm³/mol. The highest BCUT2D eigenvalue weighted by atomic mass is 32.2. The molecule has 0 saturated carbocycles. The van der Waals surface area contributed by atoms with E-state index in [-0.39, 0.29) is 5.91 Å². The van der Waals surface area contributed by atoms with Gasteiger partial charge in [0.1, 0.15) is 0 Å². The molecule has 2 rings (SSSR count). The fourth-order valence-corrected chi connectivity index (χ4v) is 2.56. The van der Waals surface area contributed by atoms with E-state index in [0.717, 1.165) is 21.8 Å². The average molecular weight is 286 g/mol. The summed E-state index contributed by atoms with van der Waals surface area (Å²) in [5.41, 5.74) is 3.39. The Labute approximate surface area is 123 Å². The summed E-state index contributed by atoms with van der Waals surface area (Å²) >= 11 is 1.62. The van der Waals surface area contributed by atoms with Gasteiger partial charge in [0.25, 0.3) is 5.91 Å². The number of aryl methyl sites for hydroxylation is 1. The summed E-state index contributed by atoms with van der Waals surface area (Å²) < 4.78 is 0. The van der Waals surface area contributed by atoms with Crippen molar-refractivity contribution >= 4 is 29.0 Å². The molecule has 2 N–H and O–H groups in total. The molecule has 104 valence electrons. The molecular weight excluding hydrogens is 268 g/mol. The predicted octanol–water partition coefficient (Wildman–Crippen LogP) is 4.01. The lowest BCUT2D eigenvalue weighted by Crippen LogP contribution is -2.14. The van der Waals surface area contributed by atoms with Gasteiger partial charge in [-0.05, 0) is 37.4 Å². The number of amides is 1. The van der Waals surface area contributed by atoms with E-state index in [1.807, 2.05) is 62.7 Å². The first kappa shape index (κ1) is 14.5. The minimum atomic E-state index is -0.0976. The summed E-state index contributed by atoms with van der Waals surface area (Å²) in [6.07, 6.45) is 2.00. The van der Waals surface area contributed by atoms with Crippen molar-refractivity contribution in [3.05, 3.63) is 53.6 Å². The Morgan fingerprint density at radius 2 is 1.85 bits per heavy atom. The molecular formula is C16H18N2OS. The van der Waals surface area contributed by atoms with E-state index in [9.17, 15) is 4.79 Å². The first-order chi connectivity index (χ1) is 9.65. The van der Waals surface area contributed by atoms with Gasteiger partial charge in [-0.1, -0.05) is 23.8 Å². The summed E-state index contributed by atoms with van der Waals surface area (Å²) in [7, 11) is 1.82. The Hall–Kier alpha value is -1.94. The van der Waals surface area contributed by atoms with E-state index in [1.54, 1.807) is 11.8 Å². The first-order valence-electron chi connectivity index (χ1n) is 6.38. The number of hydrogen-bond donors (Lipinski definition) is 2. The molecule has 0 aliphatic rings. The molecule has 0 atom stereocenters. The van der Waals surface area contributed by atoms with Gasteiger partial charge < -0.3 is 10.6 Å². The maximum Gasteiger partial charge on any atom is 0.257 e. The lowest BCUT2D eigenvalue weighted by atomic mass is 10.1. The molecule has 0 radical (unpaired) electrons. The second kappa shape index (κ2) is 6.48. The van der Waals surface area contributed by atoms with E-state index < -0.39 is 0 Å². The van der Waals surface area contributed by atoms with Crippen LogP contribution < -0.4 is 10.6 Å². The minimum absolute atomic E-state index is 0.0976. The number of carbonyl (C=O) groups excluding carboxylic acids is 1. The van der Waals surface area contributed by atoms with Gasteiger partial charge in [-0.15, -0.1) is 11.8 Å². The van der Waals surface area contributed by atoms with Crippen molar-refractivity contribution in [1.82, 2.24) is 0 Å². The second-order valence-electron chi connectivity index (χ2n) is 4.45. The standard InChI is InChI=1S/C16H18N2OS/c1-11-8-9-13(17-2)12(10-11)16(19)18-14-6-4-5-7-15(14)20-3/h4-10,17H,1-3H3,(H,18,19).